The molecule has 3 heterocycles. The van der Waals surface area contributed by atoms with E-state index < -0.39 is 34.2 Å². The minimum absolute atomic E-state index is 0.00518. The van der Waals surface area contributed by atoms with Crippen LogP contribution in [0.5, 0.6) is 0 Å². The van der Waals surface area contributed by atoms with Gasteiger partial charge in [-0.05, 0) is 29.8 Å². The Labute approximate surface area is 204 Å². The number of carbonyl (C=O) groups is 2. The smallest absolute Gasteiger partial charge is 0.301 e. The molecule has 12 heteroatoms. The zero-order valence-corrected chi connectivity index (χ0v) is 19.0. The SMILES string of the molecule is O=C1C(=O)N(c2nc3cc(Cl)c(F)cc3s2)C(c2ccncc2)/C1=C(\O)c1cccc([N+](=O)[O-])c1. The van der Waals surface area contributed by atoms with Gasteiger partial charge in [0, 0.05) is 30.1 Å². The second kappa shape index (κ2) is 8.53. The average molecular weight is 511 g/mol. The molecule has 1 aliphatic rings. The van der Waals surface area contributed by atoms with E-state index in [0.717, 1.165) is 22.3 Å². The van der Waals surface area contributed by atoms with Crippen molar-refractivity contribution in [3.05, 3.63) is 98.6 Å². The topological polar surface area (TPSA) is 127 Å². The maximum Gasteiger partial charge on any atom is 0.301 e. The molecule has 9 nitrogen and oxygen atoms in total. The predicted octanol–water partition coefficient (Wildman–Crippen LogP) is 5.02. The quantitative estimate of drug-likeness (QED) is 0.134. The molecule has 1 N–H and O–H groups in total. The average Bonchev–Trinajstić information content (AvgIpc) is 3.37. The lowest BCUT2D eigenvalue weighted by Gasteiger charge is -2.22. The lowest BCUT2D eigenvalue weighted by atomic mass is 9.96. The van der Waals surface area contributed by atoms with Gasteiger partial charge in [-0.2, -0.15) is 0 Å². The first-order chi connectivity index (χ1) is 16.8. The highest BCUT2D eigenvalue weighted by Gasteiger charge is 2.48. The molecular formula is C23H12ClFN4O5S. The normalized spacial score (nSPS) is 17.3. The van der Waals surface area contributed by atoms with Gasteiger partial charge >= 0.3 is 5.91 Å². The Morgan fingerprint density at radius 3 is 2.63 bits per heavy atom. The van der Waals surface area contributed by atoms with Crippen LogP contribution in [0, 0.1) is 15.9 Å². The van der Waals surface area contributed by atoms with E-state index in [9.17, 15) is 29.2 Å². The first-order valence-corrected chi connectivity index (χ1v) is 11.2. The second-order valence-electron chi connectivity index (χ2n) is 7.49. The third kappa shape index (κ3) is 3.80. The summed E-state index contributed by atoms with van der Waals surface area (Å²) in [5.74, 6) is -3.21. The lowest BCUT2D eigenvalue weighted by molar-refractivity contribution is -0.384. The van der Waals surface area contributed by atoms with Gasteiger partial charge in [0.15, 0.2) is 5.13 Å². The maximum atomic E-state index is 14.0. The van der Waals surface area contributed by atoms with E-state index in [-0.39, 0.29) is 27.0 Å². The number of amides is 1. The molecule has 0 spiro atoms. The van der Waals surface area contributed by atoms with Gasteiger partial charge in [-0.15, -0.1) is 0 Å². The number of Topliss-reactive ketones (excluding diaryl/α,β-unsaturated/α-hetero) is 1. The summed E-state index contributed by atoms with van der Waals surface area (Å²) in [6.45, 7) is 0. The summed E-state index contributed by atoms with van der Waals surface area (Å²) in [5.41, 5.74) is 0.188. The molecule has 1 fully saturated rings. The van der Waals surface area contributed by atoms with Gasteiger partial charge in [-0.25, -0.2) is 9.37 Å². The number of pyridine rings is 1. The molecule has 0 bridgehead atoms. The minimum Gasteiger partial charge on any atom is -0.507 e. The van der Waals surface area contributed by atoms with E-state index in [4.69, 9.17) is 11.6 Å². The molecule has 35 heavy (non-hydrogen) atoms. The molecule has 1 amide bonds. The highest BCUT2D eigenvalue weighted by Crippen LogP contribution is 2.44. The summed E-state index contributed by atoms with van der Waals surface area (Å²) in [6, 6.07) is 9.60. The molecule has 0 saturated carbocycles. The van der Waals surface area contributed by atoms with Gasteiger partial charge in [0.1, 0.15) is 11.6 Å². The summed E-state index contributed by atoms with van der Waals surface area (Å²) in [6.07, 6.45) is 2.91. The third-order valence-corrected chi connectivity index (χ3v) is 6.73. The van der Waals surface area contributed by atoms with Gasteiger partial charge < -0.3 is 5.11 Å². The number of benzene rings is 2. The maximum absolute atomic E-state index is 14.0. The zero-order chi connectivity index (χ0) is 24.9. The van der Waals surface area contributed by atoms with Gasteiger partial charge in [0.25, 0.3) is 11.5 Å². The Morgan fingerprint density at radius 2 is 1.91 bits per heavy atom. The summed E-state index contributed by atoms with van der Waals surface area (Å²) in [7, 11) is 0. The third-order valence-electron chi connectivity index (χ3n) is 5.42. The van der Waals surface area contributed by atoms with Crippen LogP contribution in [0.4, 0.5) is 15.2 Å². The van der Waals surface area contributed by atoms with Crippen molar-refractivity contribution in [2.24, 2.45) is 0 Å². The molecule has 2 aromatic heterocycles. The number of aromatic nitrogens is 2. The molecule has 4 aromatic rings. The molecule has 1 aliphatic heterocycles. The van der Waals surface area contributed by atoms with E-state index in [2.05, 4.69) is 9.97 Å². The van der Waals surface area contributed by atoms with E-state index in [0.29, 0.717) is 15.8 Å². The van der Waals surface area contributed by atoms with Crippen LogP contribution in [0.3, 0.4) is 0 Å². The first-order valence-electron chi connectivity index (χ1n) is 9.97. The van der Waals surface area contributed by atoms with Crippen LogP contribution in [0.25, 0.3) is 16.0 Å². The second-order valence-corrected chi connectivity index (χ2v) is 8.90. The van der Waals surface area contributed by atoms with Gasteiger partial charge in [0.2, 0.25) is 0 Å². The number of nitrogens with zero attached hydrogens (tertiary/aromatic N) is 4. The standard InChI is InChI=1S/C23H12ClFN4O5S/c24-14-9-16-17(10-15(14)25)35-23(27-16)28-19(11-4-6-26-7-5-11)18(21(31)22(28)32)20(30)12-2-1-3-13(8-12)29(33)34/h1-10,19,30H/b20-18+. The monoisotopic (exact) mass is 510 g/mol. The van der Waals surface area contributed by atoms with E-state index in [1.54, 1.807) is 12.1 Å². The van der Waals surface area contributed by atoms with Crippen LogP contribution < -0.4 is 4.90 Å². The van der Waals surface area contributed by atoms with Crippen molar-refractivity contribution in [1.82, 2.24) is 9.97 Å². The summed E-state index contributed by atoms with van der Waals surface area (Å²) in [5, 5.41) is 22.2. The molecule has 2 aromatic carbocycles. The van der Waals surface area contributed by atoms with E-state index in [1.165, 1.54) is 42.7 Å². The number of hydrogen-bond acceptors (Lipinski definition) is 8. The molecule has 0 aliphatic carbocycles. The number of fused-ring (bicyclic) bond motifs is 1. The number of nitro benzene ring substituents is 1. The fourth-order valence-corrected chi connectivity index (χ4v) is 4.98. The van der Waals surface area contributed by atoms with Crippen LogP contribution in [-0.2, 0) is 9.59 Å². The number of halogens is 2. The molecule has 1 saturated heterocycles. The molecule has 1 unspecified atom stereocenters. The zero-order valence-electron chi connectivity index (χ0n) is 17.4. The summed E-state index contributed by atoms with van der Waals surface area (Å²) >= 11 is 6.83. The van der Waals surface area contributed by atoms with Gasteiger partial charge in [0.05, 0.1) is 31.8 Å². The van der Waals surface area contributed by atoms with Gasteiger partial charge in [-0.1, -0.05) is 35.1 Å². The number of aliphatic hydroxyl groups excluding tert-OH is 1. The van der Waals surface area contributed by atoms with Crippen molar-refractivity contribution in [3.63, 3.8) is 0 Å². The molecule has 1 atom stereocenters. The molecule has 174 valence electrons. The van der Waals surface area contributed by atoms with Crippen LogP contribution in [-0.4, -0.2) is 31.7 Å². The molecule has 5 rings (SSSR count). The van der Waals surface area contributed by atoms with Crippen molar-refractivity contribution < 1.29 is 24.0 Å². The highest BCUT2D eigenvalue weighted by atomic mass is 35.5. The summed E-state index contributed by atoms with van der Waals surface area (Å²) < 4.78 is 14.4. The van der Waals surface area contributed by atoms with Crippen molar-refractivity contribution in [1.29, 1.82) is 0 Å². The number of rotatable bonds is 4. The van der Waals surface area contributed by atoms with Crippen LogP contribution >= 0.6 is 22.9 Å². The van der Waals surface area contributed by atoms with Crippen LogP contribution in [0.1, 0.15) is 17.2 Å². The highest BCUT2D eigenvalue weighted by molar-refractivity contribution is 7.22. The Balaban J connectivity index is 1.72. The van der Waals surface area contributed by atoms with E-state index >= 15 is 0 Å². The summed E-state index contributed by atoms with van der Waals surface area (Å²) in [4.78, 5) is 46.4. The molecular weight excluding hydrogens is 499 g/mol. The van der Waals surface area contributed by atoms with Crippen molar-refractivity contribution in [2.45, 2.75) is 6.04 Å². The number of nitro groups is 1. The number of thiazole rings is 1. The van der Waals surface area contributed by atoms with Crippen LogP contribution in [0.15, 0.2) is 66.5 Å². The predicted molar refractivity (Wildman–Crippen MR) is 127 cm³/mol. The minimum atomic E-state index is -1.11. The Morgan fingerprint density at radius 1 is 1.17 bits per heavy atom. The fraction of sp³-hybridized carbons (Fsp3) is 0.0435. The lowest BCUT2D eigenvalue weighted by Crippen LogP contribution is -2.29. The van der Waals surface area contributed by atoms with Crippen molar-refractivity contribution >= 4 is 61.4 Å². The van der Waals surface area contributed by atoms with Crippen molar-refractivity contribution in [3.8, 4) is 0 Å². The Bertz CT molecular complexity index is 1530. The Hall–Kier alpha value is -4.22. The number of ketones is 1. The first kappa shape index (κ1) is 22.6. The van der Waals surface area contributed by atoms with Crippen LogP contribution in [0.2, 0.25) is 5.02 Å². The number of non-ortho nitro benzene ring substituents is 1. The van der Waals surface area contributed by atoms with Gasteiger partial charge in [-0.3, -0.25) is 29.6 Å². The fourth-order valence-electron chi connectivity index (χ4n) is 3.83. The molecule has 0 radical (unpaired) electrons. The number of hydrogen-bond donors (Lipinski definition) is 1. The number of anilines is 1. The van der Waals surface area contributed by atoms with E-state index in [1.807, 2.05) is 0 Å². The largest absolute Gasteiger partial charge is 0.507 e. The van der Waals surface area contributed by atoms with Crippen molar-refractivity contribution in [2.75, 3.05) is 4.90 Å². The number of carbonyl (C=O) groups excluding carboxylic acids is 2. The Kier molecular flexibility index (Phi) is 5.50. The number of aliphatic hydroxyl groups is 1.